The molecule has 0 saturated heterocycles. The number of unbranched alkanes of at least 4 members (excludes halogenated alkanes) is 1. The Morgan fingerprint density at radius 1 is 1.22 bits per heavy atom. The lowest BCUT2D eigenvalue weighted by atomic mass is 9.98. The summed E-state index contributed by atoms with van der Waals surface area (Å²) in [5.41, 5.74) is 8.95. The van der Waals surface area contributed by atoms with Gasteiger partial charge in [0.25, 0.3) is 5.56 Å². The SMILES string of the molecule is CC.CC/C=C(/C=C\C(Cl)=C\CCC)c1cnc2c(c1)CN(C1Nn3c(nccc3=O)C=C1C)CC2. The van der Waals surface area contributed by atoms with E-state index in [4.69, 9.17) is 16.6 Å². The van der Waals surface area contributed by atoms with E-state index in [-0.39, 0.29) is 11.7 Å². The molecule has 0 bridgehead atoms. The molecule has 6 nitrogen and oxygen atoms in total. The lowest BCUT2D eigenvalue weighted by Crippen LogP contribution is -2.51. The normalized spacial score (nSPS) is 18.1. The Labute approximate surface area is 220 Å². The number of halogens is 1. The quantitative estimate of drug-likeness (QED) is 0.447. The number of fused-ring (bicyclic) bond motifs is 2. The number of hydrogen-bond acceptors (Lipinski definition) is 5. The van der Waals surface area contributed by atoms with Crippen molar-refractivity contribution in [3.05, 3.63) is 92.4 Å². The molecule has 0 amide bonds. The predicted molar refractivity (Wildman–Crippen MR) is 151 cm³/mol. The highest BCUT2D eigenvalue weighted by Crippen LogP contribution is 2.27. The molecule has 1 unspecified atom stereocenters. The molecule has 2 aromatic rings. The largest absolute Gasteiger partial charge is 0.300 e. The van der Waals surface area contributed by atoms with Crippen molar-refractivity contribution >= 4 is 23.3 Å². The third-order valence-electron chi connectivity index (χ3n) is 6.15. The molecule has 2 aliphatic rings. The van der Waals surface area contributed by atoms with Crippen molar-refractivity contribution in [2.75, 3.05) is 12.0 Å². The molecule has 0 radical (unpaired) electrons. The third-order valence-corrected chi connectivity index (χ3v) is 6.43. The smallest absolute Gasteiger partial charge is 0.272 e. The molecule has 1 atom stereocenters. The Hall–Kier alpha value is -2.96. The van der Waals surface area contributed by atoms with Crippen LogP contribution in [0.15, 0.2) is 64.2 Å². The maximum absolute atomic E-state index is 12.3. The van der Waals surface area contributed by atoms with Gasteiger partial charge in [0.2, 0.25) is 0 Å². The zero-order valence-electron chi connectivity index (χ0n) is 22.1. The monoisotopic (exact) mass is 507 g/mol. The minimum Gasteiger partial charge on any atom is -0.300 e. The predicted octanol–water partition coefficient (Wildman–Crippen LogP) is 6.28. The standard InChI is InChI=1S/C27H32ClN5O.C2H6/c1-4-6-8-23(28)10-9-20(7-5-2)21-16-22-18-32(14-12-24(22)30-17-21)27-19(3)15-25-29-13-11-26(34)33(25)31-27;1-2/h7-11,13,15-17,27,31H,4-6,12,14,18H2,1-3H3;1-2H3/b10-9-,20-7-,23-8-;. The summed E-state index contributed by atoms with van der Waals surface area (Å²) >= 11 is 6.36. The zero-order chi connectivity index (χ0) is 26.1. The molecular formula is C29H38ClN5O. The van der Waals surface area contributed by atoms with Gasteiger partial charge in [0.05, 0.1) is 0 Å². The van der Waals surface area contributed by atoms with Crippen molar-refractivity contribution in [3.63, 3.8) is 0 Å². The van der Waals surface area contributed by atoms with Gasteiger partial charge < -0.3 is 0 Å². The number of pyridine rings is 1. The molecule has 0 saturated carbocycles. The Morgan fingerprint density at radius 2 is 2.03 bits per heavy atom. The van der Waals surface area contributed by atoms with Gasteiger partial charge in [-0.25, -0.2) is 9.66 Å². The zero-order valence-corrected chi connectivity index (χ0v) is 22.8. The van der Waals surface area contributed by atoms with Crippen molar-refractivity contribution < 1.29 is 0 Å². The van der Waals surface area contributed by atoms with E-state index < -0.39 is 0 Å². The van der Waals surface area contributed by atoms with E-state index in [2.05, 4.69) is 60.4 Å². The highest BCUT2D eigenvalue weighted by atomic mass is 35.5. The summed E-state index contributed by atoms with van der Waals surface area (Å²) in [4.78, 5) is 23.8. The maximum Gasteiger partial charge on any atom is 0.272 e. The van der Waals surface area contributed by atoms with E-state index in [0.29, 0.717) is 5.82 Å². The second-order valence-electron chi connectivity index (χ2n) is 8.73. The summed E-state index contributed by atoms with van der Waals surface area (Å²) in [5, 5.41) is 0.761. The minimum absolute atomic E-state index is 0.0701. The first-order valence-electron chi connectivity index (χ1n) is 13.0. The second-order valence-corrected chi connectivity index (χ2v) is 9.16. The van der Waals surface area contributed by atoms with Gasteiger partial charge in [0.15, 0.2) is 5.82 Å². The molecule has 192 valence electrons. The van der Waals surface area contributed by atoms with Crippen LogP contribution in [0, 0.1) is 0 Å². The number of rotatable bonds is 7. The average Bonchev–Trinajstić information content (AvgIpc) is 2.90. The van der Waals surface area contributed by atoms with Crippen LogP contribution in [0.2, 0.25) is 0 Å². The average molecular weight is 508 g/mol. The molecule has 0 aliphatic carbocycles. The number of nitrogens with one attached hydrogen (secondary N) is 1. The minimum atomic E-state index is -0.104. The number of aromatic nitrogens is 3. The summed E-state index contributed by atoms with van der Waals surface area (Å²) in [6.07, 6.45) is 17.6. The Bertz CT molecular complexity index is 1220. The first-order chi connectivity index (χ1) is 17.5. The molecule has 7 heteroatoms. The molecule has 1 N–H and O–H groups in total. The Balaban J connectivity index is 0.00000176. The van der Waals surface area contributed by atoms with Gasteiger partial charge in [-0.2, -0.15) is 0 Å². The van der Waals surface area contributed by atoms with Gasteiger partial charge >= 0.3 is 0 Å². The fourth-order valence-corrected chi connectivity index (χ4v) is 4.55. The maximum atomic E-state index is 12.3. The molecule has 4 heterocycles. The third kappa shape index (κ3) is 6.62. The van der Waals surface area contributed by atoms with Gasteiger partial charge in [-0.3, -0.25) is 20.1 Å². The molecule has 2 aliphatic heterocycles. The fourth-order valence-electron chi connectivity index (χ4n) is 4.38. The Morgan fingerprint density at radius 3 is 2.78 bits per heavy atom. The molecule has 36 heavy (non-hydrogen) atoms. The highest BCUT2D eigenvalue weighted by Gasteiger charge is 2.28. The van der Waals surface area contributed by atoms with Crippen LogP contribution in [0.3, 0.4) is 0 Å². The van der Waals surface area contributed by atoms with E-state index in [9.17, 15) is 4.79 Å². The van der Waals surface area contributed by atoms with Crippen LogP contribution in [0.5, 0.6) is 0 Å². The molecule has 0 fully saturated rings. The first-order valence-corrected chi connectivity index (χ1v) is 13.4. The Kier molecular flexibility index (Phi) is 10.3. The summed E-state index contributed by atoms with van der Waals surface area (Å²) < 4.78 is 1.53. The molecule has 4 rings (SSSR count). The van der Waals surface area contributed by atoms with Crippen LogP contribution in [0.25, 0.3) is 11.6 Å². The van der Waals surface area contributed by atoms with Crippen LogP contribution in [-0.4, -0.2) is 32.3 Å². The highest BCUT2D eigenvalue weighted by molar-refractivity contribution is 6.31. The van der Waals surface area contributed by atoms with E-state index in [1.165, 1.54) is 16.3 Å². The summed E-state index contributed by atoms with van der Waals surface area (Å²) in [7, 11) is 0. The molecule has 0 aromatic carbocycles. The summed E-state index contributed by atoms with van der Waals surface area (Å²) in [6, 6.07) is 3.72. The summed E-state index contributed by atoms with van der Waals surface area (Å²) in [5.74, 6) is 0.635. The van der Waals surface area contributed by atoms with Crippen LogP contribution in [0.1, 0.15) is 76.5 Å². The van der Waals surface area contributed by atoms with Crippen molar-refractivity contribution in [2.45, 2.75) is 73.0 Å². The number of nitrogens with zero attached hydrogens (tertiary/aromatic N) is 4. The molecule has 0 spiro atoms. The molecular weight excluding hydrogens is 470 g/mol. The molecule has 2 aromatic heterocycles. The summed E-state index contributed by atoms with van der Waals surface area (Å²) in [6.45, 7) is 12.0. The van der Waals surface area contributed by atoms with Gasteiger partial charge in [-0.15, -0.1) is 0 Å². The van der Waals surface area contributed by atoms with E-state index in [1.807, 2.05) is 32.2 Å². The van der Waals surface area contributed by atoms with Crippen LogP contribution in [-0.2, 0) is 13.0 Å². The van der Waals surface area contributed by atoms with Crippen molar-refractivity contribution in [1.82, 2.24) is 19.5 Å². The van der Waals surface area contributed by atoms with Crippen LogP contribution < -0.4 is 11.0 Å². The van der Waals surface area contributed by atoms with E-state index in [0.717, 1.165) is 66.2 Å². The van der Waals surface area contributed by atoms with E-state index >= 15 is 0 Å². The van der Waals surface area contributed by atoms with E-state index in [1.54, 1.807) is 6.20 Å². The number of hydrogen-bond donors (Lipinski definition) is 1. The fraction of sp³-hybridized carbons (Fsp3) is 0.414. The second kappa shape index (κ2) is 13.4. The lowest BCUT2D eigenvalue weighted by Gasteiger charge is -2.38. The first kappa shape index (κ1) is 27.6. The topological polar surface area (TPSA) is 63.1 Å². The van der Waals surface area contributed by atoms with Gasteiger partial charge in [-0.1, -0.05) is 63.9 Å². The lowest BCUT2D eigenvalue weighted by molar-refractivity contribution is 0.205. The van der Waals surface area contributed by atoms with Crippen LogP contribution in [0.4, 0.5) is 0 Å². The van der Waals surface area contributed by atoms with Gasteiger partial charge in [-0.05, 0) is 54.7 Å². The van der Waals surface area contributed by atoms with Crippen molar-refractivity contribution in [3.8, 4) is 0 Å². The van der Waals surface area contributed by atoms with Crippen molar-refractivity contribution in [2.24, 2.45) is 0 Å². The van der Waals surface area contributed by atoms with Gasteiger partial charge in [0.1, 0.15) is 6.17 Å². The van der Waals surface area contributed by atoms with Crippen molar-refractivity contribution in [1.29, 1.82) is 0 Å². The van der Waals surface area contributed by atoms with Gasteiger partial charge in [0, 0.05) is 54.3 Å². The van der Waals surface area contributed by atoms with Crippen LogP contribution >= 0.6 is 11.6 Å². The number of allylic oxidation sites excluding steroid dienone is 6.